The molecule has 2 aliphatic carbocycles. The number of anilines is 1. The predicted octanol–water partition coefficient (Wildman–Crippen LogP) is 4.63. The Bertz CT molecular complexity index is 543. The lowest BCUT2D eigenvalue weighted by molar-refractivity contribution is 0.390. The van der Waals surface area contributed by atoms with E-state index in [1.54, 1.807) is 12.1 Å². The van der Waals surface area contributed by atoms with Gasteiger partial charge in [0.05, 0.1) is 15.7 Å². The summed E-state index contributed by atoms with van der Waals surface area (Å²) in [6, 6.07) is 3.75. The van der Waals surface area contributed by atoms with E-state index in [0.717, 1.165) is 11.8 Å². The lowest BCUT2D eigenvalue weighted by atomic mass is 9.96. The standard InChI is InChI=1S/C14H16Cl3N3S/c15-9-5-10(16)13(11(17)6-9)19-20-14(21)18-12-4-7-1-2-8(12)3-7/h5-8,12,19H,1-4H2,(H2,18,20,21)/t7-,8+,12+/m0/s1. The molecule has 3 atom stereocenters. The number of rotatable bonds is 3. The molecule has 7 heteroatoms. The van der Waals surface area contributed by atoms with Crippen LogP contribution in [0.25, 0.3) is 0 Å². The molecule has 3 N–H and O–H groups in total. The van der Waals surface area contributed by atoms with E-state index in [4.69, 9.17) is 47.0 Å². The SMILES string of the molecule is S=C(NNc1c(Cl)cc(Cl)cc1Cl)N[C@@H]1C[C@H]2CC[C@@H]1C2. The smallest absolute Gasteiger partial charge is 0.185 e. The first-order chi connectivity index (χ1) is 10.0. The summed E-state index contributed by atoms with van der Waals surface area (Å²) in [7, 11) is 0. The second-order valence-electron chi connectivity index (χ2n) is 5.75. The van der Waals surface area contributed by atoms with Gasteiger partial charge < -0.3 is 5.32 Å². The van der Waals surface area contributed by atoms with Crippen molar-refractivity contribution in [1.29, 1.82) is 0 Å². The quantitative estimate of drug-likeness (QED) is 0.540. The molecule has 1 aromatic rings. The van der Waals surface area contributed by atoms with Gasteiger partial charge in [0.1, 0.15) is 0 Å². The van der Waals surface area contributed by atoms with Crippen LogP contribution in [0.15, 0.2) is 12.1 Å². The molecule has 0 amide bonds. The van der Waals surface area contributed by atoms with E-state index in [-0.39, 0.29) is 0 Å². The van der Waals surface area contributed by atoms with Crippen LogP contribution in [0.4, 0.5) is 5.69 Å². The third kappa shape index (κ3) is 3.50. The van der Waals surface area contributed by atoms with Crippen LogP contribution in [0.1, 0.15) is 25.7 Å². The highest BCUT2D eigenvalue weighted by molar-refractivity contribution is 7.80. The summed E-state index contributed by atoms with van der Waals surface area (Å²) in [4.78, 5) is 0. The molecule has 1 aromatic carbocycles. The Morgan fingerprint density at radius 2 is 1.81 bits per heavy atom. The Morgan fingerprint density at radius 3 is 2.38 bits per heavy atom. The maximum Gasteiger partial charge on any atom is 0.185 e. The highest BCUT2D eigenvalue weighted by Gasteiger charge is 2.39. The van der Waals surface area contributed by atoms with Gasteiger partial charge >= 0.3 is 0 Å². The second kappa shape index (κ2) is 6.37. The fourth-order valence-electron chi connectivity index (χ4n) is 3.41. The summed E-state index contributed by atoms with van der Waals surface area (Å²) in [5.74, 6) is 1.64. The first-order valence-corrected chi connectivity index (χ1v) is 8.54. The summed E-state index contributed by atoms with van der Waals surface area (Å²) in [5, 5.41) is 5.33. The third-order valence-electron chi connectivity index (χ3n) is 4.36. The van der Waals surface area contributed by atoms with Crippen LogP contribution in [-0.4, -0.2) is 11.2 Å². The molecule has 0 aromatic heterocycles. The number of nitrogens with one attached hydrogen (secondary N) is 3. The van der Waals surface area contributed by atoms with Gasteiger partial charge in [-0.1, -0.05) is 41.2 Å². The van der Waals surface area contributed by atoms with Gasteiger partial charge in [-0.2, -0.15) is 0 Å². The maximum atomic E-state index is 6.10. The highest BCUT2D eigenvalue weighted by Crippen LogP contribution is 2.44. The Kier molecular flexibility index (Phi) is 4.69. The molecule has 0 aliphatic heterocycles. The van der Waals surface area contributed by atoms with Gasteiger partial charge in [-0.25, -0.2) is 0 Å². The number of hydrazine groups is 1. The summed E-state index contributed by atoms with van der Waals surface area (Å²) in [6.45, 7) is 0. The minimum absolute atomic E-state index is 0.447. The molecule has 2 bridgehead atoms. The first-order valence-electron chi connectivity index (χ1n) is 7.00. The molecule has 2 aliphatic rings. The summed E-state index contributed by atoms with van der Waals surface area (Å²) in [5.41, 5.74) is 6.46. The Morgan fingerprint density at radius 1 is 1.10 bits per heavy atom. The molecule has 3 nitrogen and oxygen atoms in total. The van der Waals surface area contributed by atoms with Gasteiger partial charge in [0.2, 0.25) is 0 Å². The van der Waals surface area contributed by atoms with Gasteiger partial charge in [0, 0.05) is 11.1 Å². The van der Waals surface area contributed by atoms with E-state index in [0.29, 0.717) is 31.9 Å². The summed E-state index contributed by atoms with van der Waals surface area (Å²) in [6.07, 6.45) is 5.24. The zero-order chi connectivity index (χ0) is 15.0. The first kappa shape index (κ1) is 15.5. The van der Waals surface area contributed by atoms with Crippen LogP contribution >= 0.6 is 47.0 Å². The molecular formula is C14H16Cl3N3S. The summed E-state index contributed by atoms with van der Waals surface area (Å²) < 4.78 is 0. The molecule has 114 valence electrons. The molecule has 0 heterocycles. The van der Waals surface area contributed by atoms with Crippen LogP contribution in [0.3, 0.4) is 0 Å². The molecule has 0 spiro atoms. The fourth-order valence-corrected chi connectivity index (χ4v) is 4.52. The predicted molar refractivity (Wildman–Crippen MR) is 93.2 cm³/mol. The lowest BCUT2D eigenvalue weighted by Crippen LogP contribution is -2.46. The molecule has 0 unspecified atom stereocenters. The normalized spacial score (nSPS) is 26.7. The van der Waals surface area contributed by atoms with Crippen molar-refractivity contribution >= 4 is 57.8 Å². The van der Waals surface area contributed by atoms with Crippen LogP contribution in [0, 0.1) is 11.8 Å². The van der Waals surface area contributed by atoms with Gasteiger partial charge in [-0.15, -0.1) is 0 Å². The molecule has 2 fully saturated rings. The molecule has 0 saturated heterocycles. The van der Waals surface area contributed by atoms with Gasteiger partial charge in [-0.05, 0) is 55.4 Å². The molecular weight excluding hydrogens is 349 g/mol. The molecule has 2 saturated carbocycles. The number of benzene rings is 1. The Balaban J connectivity index is 1.54. The third-order valence-corrected chi connectivity index (χ3v) is 5.40. The van der Waals surface area contributed by atoms with E-state index in [1.165, 1.54) is 25.7 Å². The number of hydrogen-bond acceptors (Lipinski definition) is 2. The monoisotopic (exact) mass is 363 g/mol. The van der Waals surface area contributed by atoms with Crippen molar-refractivity contribution in [2.45, 2.75) is 31.7 Å². The van der Waals surface area contributed by atoms with E-state index >= 15 is 0 Å². The fraction of sp³-hybridized carbons (Fsp3) is 0.500. The van der Waals surface area contributed by atoms with E-state index in [2.05, 4.69) is 16.2 Å². The second-order valence-corrected chi connectivity index (χ2v) is 7.41. The van der Waals surface area contributed by atoms with Crippen molar-refractivity contribution in [3.05, 3.63) is 27.2 Å². The topological polar surface area (TPSA) is 36.1 Å². The van der Waals surface area contributed by atoms with Crippen LogP contribution in [-0.2, 0) is 0 Å². The molecule has 3 rings (SSSR count). The van der Waals surface area contributed by atoms with Crippen molar-refractivity contribution in [2.75, 3.05) is 5.43 Å². The Labute approximate surface area is 144 Å². The highest BCUT2D eigenvalue weighted by atomic mass is 35.5. The zero-order valence-electron chi connectivity index (χ0n) is 11.3. The number of hydrogen-bond donors (Lipinski definition) is 3. The van der Waals surface area contributed by atoms with Gasteiger partial charge in [0.25, 0.3) is 0 Å². The van der Waals surface area contributed by atoms with Crippen molar-refractivity contribution in [1.82, 2.24) is 10.7 Å². The average molecular weight is 365 g/mol. The van der Waals surface area contributed by atoms with Crippen molar-refractivity contribution in [3.63, 3.8) is 0 Å². The number of thiocarbonyl (C=S) groups is 1. The summed E-state index contributed by atoms with van der Waals surface area (Å²) >= 11 is 23.4. The van der Waals surface area contributed by atoms with Crippen LogP contribution in [0.2, 0.25) is 15.1 Å². The van der Waals surface area contributed by atoms with Crippen molar-refractivity contribution < 1.29 is 0 Å². The Hall–Kier alpha value is -0.420. The van der Waals surface area contributed by atoms with E-state index < -0.39 is 0 Å². The molecule has 0 radical (unpaired) electrons. The van der Waals surface area contributed by atoms with Crippen molar-refractivity contribution in [2.24, 2.45) is 11.8 Å². The largest absolute Gasteiger partial charge is 0.358 e. The van der Waals surface area contributed by atoms with E-state index in [1.807, 2.05) is 0 Å². The maximum absolute atomic E-state index is 6.10. The minimum atomic E-state index is 0.447. The molecule has 21 heavy (non-hydrogen) atoms. The van der Waals surface area contributed by atoms with Gasteiger partial charge in [0.15, 0.2) is 5.11 Å². The zero-order valence-corrected chi connectivity index (χ0v) is 14.3. The van der Waals surface area contributed by atoms with Crippen LogP contribution in [0.5, 0.6) is 0 Å². The number of halogens is 3. The van der Waals surface area contributed by atoms with E-state index in [9.17, 15) is 0 Å². The van der Waals surface area contributed by atoms with Crippen molar-refractivity contribution in [3.8, 4) is 0 Å². The van der Waals surface area contributed by atoms with Gasteiger partial charge in [-0.3, -0.25) is 10.9 Å². The van der Waals surface area contributed by atoms with Crippen LogP contribution < -0.4 is 16.2 Å². The average Bonchev–Trinajstić information content (AvgIpc) is 2.99. The minimum Gasteiger partial charge on any atom is -0.358 e. The lowest BCUT2D eigenvalue weighted by Gasteiger charge is -2.25. The number of fused-ring (bicyclic) bond motifs is 2.